The van der Waals surface area contributed by atoms with Crippen LogP contribution in [0, 0.1) is 0 Å². The van der Waals surface area contributed by atoms with Crippen molar-refractivity contribution in [3.63, 3.8) is 0 Å². The zero-order chi connectivity index (χ0) is 21.0. The van der Waals surface area contributed by atoms with Crippen LogP contribution in [0.4, 0.5) is 5.69 Å². The summed E-state index contributed by atoms with van der Waals surface area (Å²) in [7, 11) is -2.61. The Labute approximate surface area is 174 Å². The molecule has 0 aromatic heterocycles. The SMILES string of the molecule is CCO[Si](CCCNc1cccc(OC(=O)c2ccccc2)c1)(OCC)OCC. The fourth-order valence-corrected chi connectivity index (χ4v) is 5.56. The van der Waals surface area contributed by atoms with E-state index in [1.165, 1.54) is 0 Å². The molecule has 0 heterocycles. The summed E-state index contributed by atoms with van der Waals surface area (Å²) in [6.07, 6.45) is 0.847. The molecule has 0 unspecified atom stereocenters. The van der Waals surface area contributed by atoms with Gasteiger partial charge in [-0.05, 0) is 51.5 Å². The van der Waals surface area contributed by atoms with Crippen LogP contribution >= 0.6 is 0 Å². The van der Waals surface area contributed by atoms with Gasteiger partial charge < -0.3 is 23.3 Å². The topological polar surface area (TPSA) is 66.0 Å². The highest BCUT2D eigenvalue weighted by atomic mass is 28.4. The number of ether oxygens (including phenoxy) is 1. The molecular weight excluding hydrogens is 386 g/mol. The summed E-state index contributed by atoms with van der Waals surface area (Å²) in [4.78, 5) is 12.2. The molecule has 7 heteroatoms. The minimum absolute atomic E-state index is 0.372. The van der Waals surface area contributed by atoms with Gasteiger partial charge in [0.05, 0.1) is 5.56 Å². The molecule has 2 rings (SSSR count). The largest absolute Gasteiger partial charge is 0.500 e. The predicted molar refractivity (Wildman–Crippen MR) is 116 cm³/mol. The lowest BCUT2D eigenvalue weighted by atomic mass is 10.2. The fourth-order valence-electron chi connectivity index (χ4n) is 2.95. The summed E-state index contributed by atoms with van der Waals surface area (Å²) in [5.41, 5.74) is 1.41. The van der Waals surface area contributed by atoms with Crippen molar-refractivity contribution in [1.29, 1.82) is 0 Å². The Bertz CT molecular complexity index is 724. The highest BCUT2D eigenvalue weighted by Gasteiger charge is 2.39. The number of hydrogen-bond donors (Lipinski definition) is 1. The number of carbonyl (C=O) groups is 1. The van der Waals surface area contributed by atoms with E-state index in [1.807, 2.05) is 57.2 Å². The summed E-state index contributed by atoms with van der Waals surface area (Å²) in [6.45, 7) is 8.34. The van der Waals surface area contributed by atoms with Gasteiger partial charge in [-0.2, -0.15) is 0 Å². The van der Waals surface area contributed by atoms with Crippen molar-refractivity contribution in [3.05, 3.63) is 60.2 Å². The van der Waals surface area contributed by atoms with Gasteiger partial charge >= 0.3 is 14.8 Å². The van der Waals surface area contributed by atoms with Crippen molar-refractivity contribution >= 4 is 20.5 Å². The second-order valence-corrected chi connectivity index (χ2v) is 9.03. The second-order valence-electron chi connectivity index (χ2n) is 6.30. The molecule has 0 saturated heterocycles. The summed E-state index contributed by atoms with van der Waals surface area (Å²) in [6, 6.07) is 17.1. The molecule has 0 aliphatic carbocycles. The lowest BCUT2D eigenvalue weighted by Gasteiger charge is -2.28. The summed E-state index contributed by atoms with van der Waals surface area (Å²) < 4.78 is 23.1. The molecule has 158 valence electrons. The minimum Gasteiger partial charge on any atom is -0.423 e. The van der Waals surface area contributed by atoms with Gasteiger partial charge in [-0.3, -0.25) is 0 Å². The number of rotatable bonds is 13. The highest BCUT2D eigenvalue weighted by molar-refractivity contribution is 6.60. The molecular formula is C22H31NO5Si. The first-order valence-corrected chi connectivity index (χ1v) is 12.1. The maximum absolute atomic E-state index is 12.2. The van der Waals surface area contributed by atoms with Gasteiger partial charge in [0.2, 0.25) is 0 Å². The number of esters is 1. The zero-order valence-corrected chi connectivity index (χ0v) is 18.5. The van der Waals surface area contributed by atoms with Crippen LogP contribution in [-0.4, -0.2) is 41.1 Å². The molecule has 0 aliphatic rings. The average Bonchev–Trinajstić information content (AvgIpc) is 2.73. The predicted octanol–water partition coefficient (Wildman–Crippen LogP) is 4.76. The molecule has 0 spiro atoms. The van der Waals surface area contributed by atoms with Crippen molar-refractivity contribution in [2.45, 2.75) is 33.2 Å². The van der Waals surface area contributed by atoms with Crippen molar-refractivity contribution in [1.82, 2.24) is 0 Å². The van der Waals surface area contributed by atoms with Gasteiger partial charge in [0, 0.05) is 44.2 Å². The molecule has 0 atom stereocenters. The van der Waals surface area contributed by atoms with Crippen LogP contribution in [-0.2, 0) is 13.3 Å². The number of nitrogens with one attached hydrogen (secondary N) is 1. The normalized spacial score (nSPS) is 11.3. The second kappa shape index (κ2) is 12.4. The smallest absolute Gasteiger partial charge is 0.423 e. The molecule has 0 saturated carbocycles. The minimum atomic E-state index is -2.61. The molecule has 0 fully saturated rings. The van der Waals surface area contributed by atoms with Crippen LogP contribution in [0.25, 0.3) is 0 Å². The van der Waals surface area contributed by atoms with Gasteiger partial charge in [-0.15, -0.1) is 0 Å². The molecule has 2 aromatic carbocycles. The quantitative estimate of drug-likeness (QED) is 0.219. The van der Waals surface area contributed by atoms with Crippen molar-refractivity contribution in [2.24, 2.45) is 0 Å². The van der Waals surface area contributed by atoms with Crippen molar-refractivity contribution < 1.29 is 22.8 Å². The van der Waals surface area contributed by atoms with Gasteiger partial charge in [0.15, 0.2) is 0 Å². The number of anilines is 1. The molecule has 0 aliphatic heterocycles. The van der Waals surface area contributed by atoms with Gasteiger partial charge in [-0.1, -0.05) is 24.3 Å². The number of benzene rings is 2. The summed E-state index contributed by atoms with van der Waals surface area (Å²) >= 11 is 0. The van der Waals surface area contributed by atoms with Gasteiger partial charge in [0.1, 0.15) is 5.75 Å². The third-order valence-corrected chi connectivity index (χ3v) is 7.29. The third kappa shape index (κ3) is 7.62. The first-order valence-electron chi connectivity index (χ1n) is 10.2. The first kappa shape index (κ1) is 23.1. The lowest BCUT2D eigenvalue weighted by molar-refractivity contribution is 0.0707. The van der Waals surface area contributed by atoms with E-state index in [-0.39, 0.29) is 5.97 Å². The lowest BCUT2D eigenvalue weighted by Crippen LogP contribution is -2.46. The number of hydrogen-bond acceptors (Lipinski definition) is 6. The Balaban J connectivity index is 1.87. The van der Waals surface area contributed by atoms with E-state index in [4.69, 9.17) is 18.0 Å². The molecule has 1 N–H and O–H groups in total. The van der Waals surface area contributed by atoms with Crippen molar-refractivity contribution in [3.8, 4) is 5.75 Å². The van der Waals surface area contributed by atoms with Crippen LogP contribution in [0.2, 0.25) is 6.04 Å². The summed E-state index contributed by atoms with van der Waals surface area (Å²) in [5.74, 6) is 0.134. The van der Waals surface area contributed by atoms with Crippen molar-refractivity contribution in [2.75, 3.05) is 31.7 Å². The first-order chi connectivity index (χ1) is 14.1. The highest BCUT2D eigenvalue weighted by Crippen LogP contribution is 2.21. The monoisotopic (exact) mass is 417 g/mol. The van der Waals surface area contributed by atoms with Gasteiger partial charge in [0.25, 0.3) is 0 Å². The Hall–Kier alpha value is -2.19. The van der Waals surface area contributed by atoms with Crippen LogP contribution in [0.5, 0.6) is 5.75 Å². The molecule has 6 nitrogen and oxygen atoms in total. The fraction of sp³-hybridized carbons (Fsp3) is 0.409. The molecule has 0 amide bonds. The van der Waals surface area contributed by atoms with E-state index < -0.39 is 8.80 Å². The Morgan fingerprint density at radius 1 is 0.897 bits per heavy atom. The Morgan fingerprint density at radius 2 is 1.55 bits per heavy atom. The summed E-state index contributed by atoms with van der Waals surface area (Å²) in [5, 5.41) is 3.36. The van der Waals surface area contributed by atoms with Crippen LogP contribution in [0.15, 0.2) is 54.6 Å². The third-order valence-electron chi connectivity index (χ3n) is 4.14. The van der Waals surface area contributed by atoms with Crippen LogP contribution in [0.3, 0.4) is 0 Å². The molecule has 2 aromatic rings. The molecule has 0 bridgehead atoms. The van der Waals surface area contributed by atoms with Gasteiger partial charge in [-0.25, -0.2) is 4.79 Å². The van der Waals surface area contributed by atoms with E-state index in [9.17, 15) is 4.79 Å². The van der Waals surface area contributed by atoms with E-state index >= 15 is 0 Å². The maximum Gasteiger partial charge on any atom is 0.500 e. The Morgan fingerprint density at radius 3 is 2.17 bits per heavy atom. The number of carbonyl (C=O) groups excluding carboxylic acids is 1. The van der Waals surface area contributed by atoms with E-state index in [1.54, 1.807) is 18.2 Å². The molecule has 0 radical (unpaired) electrons. The zero-order valence-electron chi connectivity index (χ0n) is 17.5. The standard InChI is InChI=1S/C22H31NO5Si/c1-4-25-29(26-5-2,27-6-3)17-11-16-23-20-14-10-15-21(18-20)28-22(24)19-12-8-7-9-13-19/h7-10,12-15,18,23H,4-6,11,16-17H2,1-3H3. The van der Waals surface area contributed by atoms with E-state index in [0.717, 1.165) is 24.7 Å². The average molecular weight is 418 g/mol. The maximum atomic E-state index is 12.2. The van der Waals surface area contributed by atoms with E-state index in [0.29, 0.717) is 31.1 Å². The van der Waals surface area contributed by atoms with Crippen LogP contribution < -0.4 is 10.1 Å². The molecule has 29 heavy (non-hydrogen) atoms. The Kier molecular flexibility index (Phi) is 9.86. The van der Waals surface area contributed by atoms with Crippen LogP contribution in [0.1, 0.15) is 37.6 Å². The van der Waals surface area contributed by atoms with E-state index in [2.05, 4.69) is 5.32 Å².